The number of thiophene rings is 1. The maximum Gasteiger partial charge on any atom is 0.131 e. The largest absolute Gasteiger partial charge is 0.497 e. The van der Waals surface area contributed by atoms with Crippen LogP contribution in [-0.4, -0.2) is 28.5 Å². The highest BCUT2D eigenvalue weighted by atomic mass is 32.1. The topological polar surface area (TPSA) is 38.2 Å². The van der Waals surface area contributed by atoms with Crippen LogP contribution in [0.5, 0.6) is 5.75 Å². The average Bonchev–Trinajstić information content (AvgIpc) is 3.16. The number of nitrogens with zero attached hydrogens (tertiary/aromatic N) is 3. The van der Waals surface area contributed by atoms with Crippen molar-refractivity contribution in [3.05, 3.63) is 64.6 Å². The second-order valence-corrected chi connectivity index (χ2v) is 8.48. The maximum absolute atomic E-state index is 5.25. The van der Waals surface area contributed by atoms with E-state index in [0.717, 1.165) is 37.6 Å². The fourth-order valence-corrected chi connectivity index (χ4v) is 4.45. The van der Waals surface area contributed by atoms with Crippen LogP contribution in [0.4, 0.5) is 0 Å². The van der Waals surface area contributed by atoms with Crippen LogP contribution in [-0.2, 0) is 19.5 Å². The van der Waals surface area contributed by atoms with E-state index in [2.05, 4.69) is 48.0 Å². The Balaban J connectivity index is 1.43. The van der Waals surface area contributed by atoms with Gasteiger partial charge in [-0.2, -0.15) is 0 Å². The van der Waals surface area contributed by atoms with Crippen LogP contribution >= 0.6 is 11.3 Å². The molecule has 0 atom stereocenters. The van der Waals surface area contributed by atoms with Crippen LogP contribution < -0.4 is 4.74 Å². The molecule has 5 heteroatoms. The Hall–Kier alpha value is -2.24. The average molecular weight is 380 g/mol. The summed E-state index contributed by atoms with van der Waals surface area (Å²) in [7, 11) is 1.70. The lowest BCUT2D eigenvalue weighted by atomic mass is 10.1. The lowest BCUT2D eigenvalue weighted by molar-refractivity contribution is 0.244. The van der Waals surface area contributed by atoms with Crippen molar-refractivity contribution in [1.82, 2.24) is 14.9 Å². The van der Waals surface area contributed by atoms with E-state index in [0.29, 0.717) is 5.92 Å². The highest BCUT2D eigenvalue weighted by Crippen LogP contribution is 2.31. The fourth-order valence-electron chi connectivity index (χ4n) is 3.40. The quantitative estimate of drug-likeness (QED) is 0.632. The van der Waals surface area contributed by atoms with E-state index in [-0.39, 0.29) is 0 Å². The van der Waals surface area contributed by atoms with Crippen molar-refractivity contribution in [2.45, 2.75) is 39.3 Å². The summed E-state index contributed by atoms with van der Waals surface area (Å²) in [5.41, 5.74) is 3.75. The van der Waals surface area contributed by atoms with E-state index in [1.54, 1.807) is 7.11 Å². The molecule has 140 valence electrons. The van der Waals surface area contributed by atoms with E-state index in [1.807, 2.05) is 29.7 Å². The second-order valence-electron chi connectivity index (χ2n) is 7.31. The van der Waals surface area contributed by atoms with Gasteiger partial charge in [-0.25, -0.2) is 9.97 Å². The van der Waals surface area contributed by atoms with Gasteiger partial charge in [0.15, 0.2) is 0 Å². The first-order valence-electron chi connectivity index (χ1n) is 9.42. The van der Waals surface area contributed by atoms with Crippen LogP contribution in [0.1, 0.15) is 41.7 Å². The van der Waals surface area contributed by atoms with Crippen LogP contribution in [0.2, 0.25) is 0 Å². The zero-order valence-electron chi connectivity index (χ0n) is 16.1. The predicted octanol–water partition coefficient (Wildman–Crippen LogP) is 4.90. The van der Waals surface area contributed by atoms with Gasteiger partial charge < -0.3 is 4.74 Å². The van der Waals surface area contributed by atoms with Crippen molar-refractivity contribution in [3.8, 4) is 16.2 Å². The third-order valence-electron chi connectivity index (χ3n) is 4.96. The van der Waals surface area contributed by atoms with E-state index in [9.17, 15) is 0 Å². The number of fused-ring (bicyclic) bond motifs is 1. The molecule has 0 saturated carbocycles. The number of hydrogen-bond donors (Lipinski definition) is 0. The van der Waals surface area contributed by atoms with Crippen molar-refractivity contribution in [1.29, 1.82) is 0 Å². The van der Waals surface area contributed by atoms with Crippen molar-refractivity contribution in [2.24, 2.45) is 0 Å². The minimum Gasteiger partial charge on any atom is -0.497 e. The number of rotatable bonds is 5. The van der Waals surface area contributed by atoms with Gasteiger partial charge in [-0.1, -0.05) is 13.8 Å². The molecule has 0 bridgehead atoms. The first-order valence-corrected chi connectivity index (χ1v) is 10.2. The lowest BCUT2D eigenvalue weighted by Gasteiger charge is -2.27. The zero-order valence-corrected chi connectivity index (χ0v) is 16.9. The van der Waals surface area contributed by atoms with E-state index in [1.165, 1.54) is 26.6 Å². The van der Waals surface area contributed by atoms with Gasteiger partial charge in [-0.3, -0.25) is 4.90 Å². The molecule has 27 heavy (non-hydrogen) atoms. The molecular weight excluding hydrogens is 354 g/mol. The first-order chi connectivity index (χ1) is 13.1. The highest BCUT2D eigenvalue weighted by Gasteiger charge is 2.19. The smallest absolute Gasteiger partial charge is 0.131 e. The molecule has 0 fully saturated rings. The summed E-state index contributed by atoms with van der Waals surface area (Å²) in [4.78, 5) is 14.5. The second kappa shape index (κ2) is 7.79. The summed E-state index contributed by atoms with van der Waals surface area (Å²) >= 11 is 1.87. The number of benzene rings is 1. The number of hydrogen-bond acceptors (Lipinski definition) is 5. The Morgan fingerprint density at radius 3 is 2.70 bits per heavy atom. The standard InChI is InChI=1S/C22H25N3OS/c1-15(2)22-23-12-17-13-25(11-10-20(17)24-22)14-19-8-9-21(27-19)16-4-6-18(26-3)7-5-16/h4-9,12,15H,10-11,13-14H2,1-3H3. The number of methoxy groups -OCH3 is 1. The highest BCUT2D eigenvalue weighted by molar-refractivity contribution is 7.15. The molecule has 0 spiro atoms. The Bertz CT molecular complexity index is 918. The van der Waals surface area contributed by atoms with Crippen molar-refractivity contribution in [2.75, 3.05) is 13.7 Å². The predicted molar refractivity (Wildman–Crippen MR) is 110 cm³/mol. The summed E-state index contributed by atoms with van der Waals surface area (Å²) in [5, 5.41) is 0. The van der Waals surface area contributed by atoms with E-state index >= 15 is 0 Å². The van der Waals surface area contributed by atoms with Gasteiger partial charge in [0.05, 0.1) is 7.11 Å². The van der Waals surface area contributed by atoms with Crippen LogP contribution in [0.15, 0.2) is 42.6 Å². The van der Waals surface area contributed by atoms with E-state index < -0.39 is 0 Å². The molecule has 2 aromatic heterocycles. The molecule has 3 aromatic rings. The molecule has 3 heterocycles. The fraction of sp³-hybridized carbons (Fsp3) is 0.364. The van der Waals surface area contributed by atoms with Gasteiger partial charge in [-0.15, -0.1) is 11.3 Å². The molecule has 0 saturated heterocycles. The molecule has 0 N–H and O–H groups in total. The van der Waals surface area contributed by atoms with Crippen LogP contribution in [0.25, 0.3) is 10.4 Å². The molecule has 0 radical (unpaired) electrons. The Morgan fingerprint density at radius 2 is 1.96 bits per heavy atom. The third kappa shape index (κ3) is 4.04. The minimum absolute atomic E-state index is 0.385. The minimum atomic E-state index is 0.385. The SMILES string of the molecule is COc1ccc(-c2ccc(CN3CCc4nc(C(C)C)ncc4C3)s2)cc1. The normalized spacial score (nSPS) is 14.4. The first kappa shape index (κ1) is 18.1. The summed E-state index contributed by atoms with van der Waals surface area (Å²) in [6.07, 6.45) is 3.04. The van der Waals surface area contributed by atoms with Crippen molar-refractivity contribution < 1.29 is 4.74 Å². The van der Waals surface area contributed by atoms with Gasteiger partial charge in [0.2, 0.25) is 0 Å². The van der Waals surface area contributed by atoms with Gasteiger partial charge in [-0.05, 0) is 42.0 Å². The van der Waals surface area contributed by atoms with Crippen molar-refractivity contribution >= 4 is 11.3 Å². The Morgan fingerprint density at radius 1 is 1.15 bits per heavy atom. The Kier molecular flexibility index (Phi) is 5.23. The molecular formula is C22H25N3OS. The van der Waals surface area contributed by atoms with Gasteiger partial charge in [0.25, 0.3) is 0 Å². The van der Waals surface area contributed by atoms with Gasteiger partial charge in [0.1, 0.15) is 11.6 Å². The third-order valence-corrected chi connectivity index (χ3v) is 6.08. The molecule has 4 rings (SSSR count). The molecule has 1 aromatic carbocycles. The summed E-state index contributed by atoms with van der Waals surface area (Å²) < 4.78 is 5.25. The van der Waals surface area contributed by atoms with Crippen molar-refractivity contribution in [3.63, 3.8) is 0 Å². The molecule has 0 aliphatic carbocycles. The summed E-state index contributed by atoms with van der Waals surface area (Å²) in [6.45, 7) is 7.26. The molecule has 4 nitrogen and oxygen atoms in total. The summed E-state index contributed by atoms with van der Waals surface area (Å²) in [6, 6.07) is 12.7. The van der Waals surface area contributed by atoms with Crippen LogP contribution in [0.3, 0.4) is 0 Å². The molecule has 1 aliphatic rings. The molecule has 0 unspecified atom stereocenters. The molecule has 1 aliphatic heterocycles. The lowest BCUT2D eigenvalue weighted by Crippen LogP contribution is -2.30. The Labute approximate surface area is 164 Å². The number of ether oxygens (including phenoxy) is 1. The number of aromatic nitrogens is 2. The summed E-state index contributed by atoms with van der Waals surface area (Å²) in [5.74, 6) is 2.24. The van der Waals surface area contributed by atoms with Gasteiger partial charge in [0, 0.05) is 59.2 Å². The maximum atomic E-state index is 5.25. The van der Waals surface area contributed by atoms with E-state index in [4.69, 9.17) is 9.72 Å². The zero-order chi connectivity index (χ0) is 18.8. The monoisotopic (exact) mass is 379 g/mol. The van der Waals surface area contributed by atoms with Gasteiger partial charge >= 0.3 is 0 Å². The van der Waals surface area contributed by atoms with Crippen LogP contribution in [0, 0.1) is 0 Å². The molecule has 0 amide bonds.